The summed E-state index contributed by atoms with van der Waals surface area (Å²) in [6.07, 6.45) is 2.29. The molecule has 2 aromatic rings. The number of amides is 4. The first kappa shape index (κ1) is 21.4. The summed E-state index contributed by atoms with van der Waals surface area (Å²) < 4.78 is 0. The van der Waals surface area contributed by atoms with Gasteiger partial charge in [0.15, 0.2) is 0 Å². The fourth-order valence-corrected chi connectivity index (χ4v) is 4.59. The molecule has 10 heteroatoms. The Morgan fingerprint density at radius 1 is 1.24 bits per heavy atom. The van der Waals surface area contributed by atoms with Crippen LogP contribution in [0.5, 0.6) is 0 Å². The van der Waals surface area contributed by atoms with Gasteiger partial charge in [-0.05, 0) is 37.6 Å². The lowest BCUT2D eigenvalue weighted by molar-refractivity contribution is -0.121. The van der Waals surface area contributed by atoms with Gasteiger partial charge in [-0.25, -0.2) is 9.78 Å². The Balaban J connectivity index is 1.31. The molecule has 1 aliphatic rings. The highest BCUT2D eigenvalue weighted by molar-refractivity contribution is 7.11. The van der Waals surface area contributed by atoms with Gasteiger partial charge in [0.1, 0.15) is 4.88 Å². The zero-order chi connectivity index (χ0) is 20.6. The van der Waals surface area contributed by atoms with Crippen LogP contribution >= 0.6 is 22.7 Å². The molecule has 0 bridgehead atoms. The van der Waals surface area contributed by atoms with Crippen molar-refractivity contribution >= 4 is 40.5 Å². The Morgan fingerprint density at radius 3 is 2.69 bits per heavy atom. The molecular weight excluding hydrogens is 410 g/mol. The number of nitrogens with one attached hydrogen (secondary N) is 3. The van der Waals surface area contributed by atoms with E-state index in [0.29, 0.717) is 24.5 Å². The van der Waals surface area contributed by atoms with Crippen molar-refractivity contribution in [2.75, 3.05) is 26.2 Å². The number of thiazole rings is 1. The third kappa shape index (κ3) is 6.62. The number of nitrogens with zero attached hydrogens (tertiary/aromatic N) is 2. The normalized spacial score (nSPS) is 15.1. The third-order valence-corrected chi connectivity index (χ3v) is 6.60. The lowest BCUT2D eigenvalue weighted by Crippen LogP contribution is -2.49. The minimum atomic E-state index is -0.464. The van der Waals surface area contributed by atoms with E-state index in [0.717, 1.165) is 25.0 Å². The third-order valence-electron chi connectivity index (χ3n) is 4.73. The molecule has 1 aliphatic heterocycles. The van der Waals surface area contributed by atoms with Crippen LogP contribution in [0.4, 0.5) is 4.79 Å². The predicted molar refractivity (Wildman–Crippen MR) is 113 cm³/mol. The highest BCUT2D eigenvalue weighted by atomic mass is 32.1. The number of likely N-dealkylation sites (tertiary alicyclic amines) is 1. The number of thiophene rings is 1. The number of aryl methyl sites for hydroxylation is 1. The molecule has 0 atom stereocenters. The smallest absolute Gasteiger partial charge is 0.321 e. The van der Waals surface area contributed by atoms with Crippen molar-refractivity contribution in [2.45, 2.75) is 32.2 Å². The second-order valence-corrected chi connectivity index (χ2v) is 8.81. The van der Waals surface area contributed by atoms with E-state index < -0.39 is 6.03 Å². The van der Waals surface area contributed by atoms with Gasteiger partial charge in [-0.3, -0.25) is 19.8 Å². The van der Waals surface area contributed by atoms with Gasteiger partial charge in [0.05, 0.1) is 17.7 Å². The van der Waals surface area contributed by atoms with E-state index in [1.807, 2.05) is 29.3 Å². The number of urea groups is 1. The monoisotopic (exact) mass is 435 g/mol. The first-order chi connectivity index (χ1) is 14.0. The molecule has 2 aromatic heterocycles. The quantitative estimate of drug-likeness (QED) is 0.615. The van der Waals surface area contributed by atoms with E-state index in [-0.39, 0.29) is 24.4 Å². The van der Waals surface area contributed by atoms with Crippen LogP contribution in [-0.2, 0) is 11.2 Å². The Kier molecular flexibility index (Phi) is 7.73. The summed E-state index contributed by atoms with van der Waals surface area (Å²) in [5.74, 6) is -0.401. The van der Waals surface area contributed by atoms with Crippen LogP contribution in [0.15, 0.2) is 23.0 Å². The molecule has 0 aliphatic carbocycles. The van der Waals surface area contributed by atoms with Gasteiger partial charge < -0.3 is 10.6 Å². The van der Waals surface area contributed by atoms with Crippen LogP contribution in [-0.4, -0.2) is 60.0 Å². The average molecular weight is 436 g/mol. The van der Waals surface area contributed by atoms with Crippen molar-refractivity contribution in [3.8, 4) is 0 Å². The number of hydrogen-bond donors (Lipinski definition) is 3. The molecule has 8 nitrogen and oxygen atoms in total. The Labute approximate surface area is 177 Å². The number of hydrogen-bond acceptors (Lipinski definition) is 7. The molecular formula is C19H25N5O3S2. The van der Waals surface area contributed by atoms with E-state index in [2.05, 4.69) is 20.9 Å². The van der Waals surface area contributed by atoms with Crippen molar-refractivity contribution in [3.05, 3.63) is 38.5 Å². The zero-order valence-electron chi connectivity index (χ0n) is 16.3. The minimum absolute atomic E-state index is 0.0830. The van der Waals surface area contributed by atoms with E-state index in [4.69, 9.17) is 0 Å². The van der Waals surface area contributed by atoms with Crippen LogP contribution < -0.4 is 16.0 Å². The van der Waals surface area contributed by atoms with Crippen LogP contribution in [0.2, 0.25) is 0 Å². The molecule has 156 valence electrons. The molecule has 0 saturated carbocycles. The molecule has 0 radical (unpaired) electrons. The maximum Gasteiger partial charge on any atom is 0.321 e. The Hall–Kier alpha value is -2.30. The maximum atomic E-state index is 12.3. The van der Waals surface area contributed by atoms with E-state index >= 15 is 0 Å². The molecule has 3 rings (SSSR count). The second-order valence-electron chi connectivity index (χ2n) is 6.92. The minimum Gasteiger partial charge on any atom is -0.348 e. The lowest BCUT2D eigenvalue weighted by Gasteiger charge is -2.31. The first-order valence-corrected chi connectivity index (χ1v) is 11.3. The number of aromatic nitrogens is 1. The molecule has 0 aromatic carbocycles. The van der Waals surface area contributed by atoms with Gasteiger partial charge in [-0.2, -0.15) is 0 Å². The zero-order valence-corrected chi connectivity index (χ0v) is 17.9. The highest BCUT2D eigenvalue weighted by Gasteiger charge is 2.24. The van der Waals surface area contributed by atoms with Crippen molar-refractivity contribution < 1.29 is 14.4 Å². The standard InChI is InChI=1S/C19H25N5O3S2/c1-13-17(29-12-21-13)18(26)22-14-5-8-24(9-6-14)11-16(25)23-19(27)20-7-4-15-3-2-10-28-15/h2-3,10,12,14H,4-9,11H2,1H3,(H,22,26)(H2,20,23,25,27). The largest absolute Gasteiger partial charge is 0.348 e. The number of rotatable bonds is 7. The summed E-state index contributed by atoms with van der Waals surface area (Å²) in [5, 5.41) is 10.1. The summed E-state index contributed by atoms with van der Waals surface area (Å²) in [6.45, 7) is 3.88. The number of carbonyl (C=O) groups is 3. The molecule has 0 unspecified atom stereocenters. The number of imide groups is 1. The molecule has 0 spiro atoms. The Morgan fingerprint density at radius 2 is 2.03 bits per heavy atom. The van der Waals surface area contributed by atoms with Crippen LogP contribution in [0.1, 0.15) is 33.1 Å². The molecule has 3 heterocycles. The molecule has 4 amide bonds. The Bertz CT molecular complexity index is 829. The van der Waals surface area contributed by atoms with Crippen LogP contribution in [0, 0.1) is 6.92 Å². The van der Waals surface area contributed by atoms with Gasteiger partial charge in [-0.1, -0.05) is 6.07 Å². The van der Waals surface area contributed by atoms with Gasteiger partial charge in [-0.15, -0.1) is 22.7 Å². The second kappa shape index (κ2) is 10.5. The molecule has 1 saturated heterocycles. The molecule has 3 N–H and O–H groups in total. The summed E-state index contributed by atoms with van der Waals surface area (Å²) in [4.78, 5) is 44.1. The molecule has 29 heavy (non-hydrogen) atoms. The fourth-order valence-electron chi connectivity index (χ4n) is 3.17. The predicted octanol–water partition coefficient (Wildman–Crippen LogP) is 1.78. The number of carbonyl (C=O) groups excluding carboxylic acids is 3. The van der Waals surface area contributed by atoms with E-state index in [1.165, 1.54) is 16.2 Å². The van der Waals surface area contributed by atoms with Gasteiger partial charge in [0, 0.05) is 30.6 Å². The van der Waals surface area contributed by atoms with Crippen LogP contribution in [0.3, 0.4) is 0 Å². The topological polar surface area (TPSA) is 103 Å². The summed E-state index contributed by atoms with van der Waals surface area (Å²) in [5.41, 5.74) is 2.42. The fraction of sp³-hybridized carbons (Fsp3) is 0.474. The average Bonchev–Trinajstić information content (AvgIpc) is 3.35. The van der Waals surface area contributed by atoms with Gasteiger partial charge in [0.25, 0.3) is 5.91 Å². The van der Waals surface area contributed by atoms with Crippen molar-refractivity contribution in [2.24, 2.45) is 0 Å². The van der Waals surface area contributed by atoms with Gasteiger partial charge >= 0.3 is 6.03 Å². The van der Waals surface area contributed by atoms with Crippen molar-refractivity contribution in [1.82, 2.24) is 25.8 Å². The van der Waals surface area contributed by atoms with E-state index in [9.17, 15) is 14.4 Å². The maximum absolute atomic E-state index is 12.3. The summed E-state index contributed by atoms with van der Waals surface area (Å²) in [7, 11) is 0. The summed E-state index contributed by atoms with van der Waals surface area (Å²) >= 11 is 2.98. The van der Waals surface area contributed by atoms with Crippen molar-refractivity contribution in [1.29, 1.82) is 0 Å². The van der Waals surface area contributed by atoms with Crippen molar-refractivity contribution in [3.63, 3.8) is 0 Å². The SMILES string of the molecule is Cc1ncsc1C(=O)NC1CCN(CC(=O)NC(=O)NCCc2cccs2)CC1. The molecule has 1 fully saturated rings. The highest BCUT2D eigenvalue weighted by Crippen LogP contribution is 2.15. The first-order valence-electron chi connectivity index (χ1n) is 9.54. The van der Waals surface area contributed by atoms with E-state index in [1.54, 1.807) is 16.8 Å². The lowest BCUT2D eigenvalue weighted by atomic mass is 10.0. The van der Waals surface area contributed by atoms with Gasteiger partial charge in [0.2, 0.25) is 5.91 Å². The van der Waals surface area contributed by atoms with Crippen LogP contribution in [0.25, 0.3) is 0 Å². The number of piperidine rings is 1. The summed E-state index contributed by atoms with van der Waals surface area (Å²) in [6, 6.07) is 3.61.